The van der Waals surface area contributed by atoms with Crippen LogP contribution in [0.2, 0.25) is 0 Å². The van der Waals surface area contributed by atoms with Gasteiger partial charge in [0, 0.05) is 27.2 Å². The Morgan fingerprint density at radius 2 is 2.25 bits per heavy atom. The molecule has 3 aromatic rings. The number of halogens is 1. The summed E-state index contributed by atoms with van der Waals surface area (Å²) in [5, 5.41) is 7.18. The zero-order chi connectivity index (χ0) is 21.0. The highest BCUT2D eigenvalue weighted by Crippen LogP contribution is 2.37. The second-order valence-electron chi connectivity index (χ2n) is 7.31. The van der Waals surface area contributed by atoms with E-state index in [-0.39, 0.29) is 24.9 Å². The maximum atomic E-state index is 14.2. The number of amides is 1. The summed E-state index contributed by atoms with van der Waals surface area (Å²) in [5.74, 6) is -0.193. The molecule has 0 aliphatic carbocycles. The van der Waals surface area contributed by atoms with E-state index >= 15 is 0 Å². The average Bonchev–Trinajstić information content (AvgIpc) is 3.26. The van der Waals surface area contributed by atoms with Crippen LogP contribution in [0.25, 0.3) is 5.65 Å². The predicted octanol–water partition coefficient (Wildman–Crippen LogP) is 2.67. The van der Waals surface area contributed by atoms with Gasteiger partial charge in [0.15, 0.2) is 5.65 Å². The van der Waals surface area contributed by atoms with Gasteiger partial charge >= 0.3 is 0 Å². The van der Waals surface area contributed by atoms with Crippen molar-refractivity contribution in [2.24, 2.45) is 0 Å². The van der Waals surface area contributed by atoms with Crippen molar-refractivity contribution in [3.05, 3.63) is 53.4 Å². The number of nitrogens with zero attached hydrogens (tertiary/aromatic N) is 5. The molecular formula is C20H21FN6O. The molecule has 2 aliphatic heterocycles. The van der Waals surface area contributed by atoms with Crippen molar-refractivity contribution in [2.45, 2.75) is 44.6 Å². The molecule has 5 heterocycles. The Bertz CT molecular complexity index is 1150. The van der Waals surface area contributed by atoms with Crippen molar-refractivity contribution in [1.82, 2.24) is 24.9 Å². The molecule has 8 heteroatoms. The molecule has 0 spiro atoms. The summed E-state index contributed by atoms with van der Waals surface area (Å²) in [6, 6.07) is 2.65. The fourth-order valence-electron chi connectivity index (χ4n) is 3.95. The normalized spacial score (nSPS) is 25.1. The molecule has 144 valence electrons. The van der Waals surface area contributed by atoms with Crippen LogP contribution >= 0.6 is 0 Å². The van der Waals surface area contributed by atoms with Crippen molar-refractivity contribution in [3.8, 4) is 0 Å². The number of rotatable bonds is 0. The van der Waals surface area contributed by atoms with E-state index in [1.54, 1.807) is 12.3 Å². The zero-order valence-electron chi connectivity index (χ0n) is 17.4. The van der Waals surface area contributed by atoms with Crippen LogP contribution < -0.4 is 10.2 Å². The van der Waals surface area contributed by atoms with E-state index in [4.69, 9.17) is 2.74 Å². The van der Waals surface area contributed by atoms with Crippen molar-refractivity contribution in [1.29, 1.82) is 0 Å². The van der Waals surface area contributed by atoms with Crippen molar-refractivity contribution in [2.75, 3.05) is 11.4 Å². The summed E-state index contributed by atoms with van der Waals surface area (Å²) in [5.41, 5.74) is 2.15. The largest absolute Gasteiger partial charge is 0.349 e. The second-order valence-corrected chi connectivity index (χ2v) is 7.31. The van der Waals surface area contributed by atoms with Crippen LogP contribution in [0, 0.1) is 5.82 Å². The Hall–Kier alpha value is -3.03. The van der Waals surface area contributed by atoms with Crippen molar-refractivity contribution in [3.63, 3.8) is 0 Å². The minimum absolute atomic E-state index is 0.114. The number of carbonyl (C=O) groups is 1. The summed E-state index contributed by atoms with van der Waals surface area (Å²) < 4.78 is 32.4. The van der Waals surface area contributed by atoms with Gasteiger partial charge in [0.2, 0.25) is 0 Å². The van der Waals surface area contributed by atoms with Gasteiger partial charge in [-0.2, -0.15) is 5.10 Å². The van der Waals surface area contributed by atoms with E-state index in [2.05, 4.69) is 20.4 Å². The third kappa shape index (κ3) is 2.80. The number of pyridine rings is 1. The molecule has 0 radical (unpaired) electrons. The monoisotopic (exact) mass is 382 g/mol. The SMILES string of the molecule is [2H]C1([2H])C[C@H]2c3cc(F)cnc3CC[C@@H](C)NC(=O)c3cnn4ccc(nc34)N2C1. The van der Waals surface area contributed by atoms with E-state index in [9.17, 15) is 9.18 Å². The number of fused-ring (bicyclic) bond motifs is 5. The van der Waals surface area contributed by atoms with E-state index < -0.39 is 18.2 Å². The van der Waals surface area contributed by atoms with Gasteiger partial charge in [0.05, 0.1) is 18.4 Å². The quantitative estimate of drug-likeness (QED) is 0.647. The third-order valence-electron chi connectivity index (χ3n) is 5.41. The molecular weight excluding hydrogens is 359 g/mol. The highest BCUT2D eigenvalue weighted by Gasteiger charge is 2.31. The lowest BCUT2D eigenvalue weighted by Gasteiger charge is -2.27. The van der Waals surface area contributed by atoms with Gasteiger partial charge in [-0.1, -0.05) is 0 Å². The topological polar surface area (TPSA) is 75.4 Å². The first kappa shape index (κ1) is 15.0. The Labute approximate surface area is 164 Å². The van der Waals surface area contributed by atoms with Gasteiger partial charge < -0.3 is 10.2 Å². The predicted molar refractivity (Wildman–Crippen MR) is 102 cm³/mol. The van der Waals surface area contributed by atoms with Crippen LogP contribution in [0.15, 0.2) is 30.7 Å². The van der Waals surface area contributed by atoms with Crippen LogP contribution in [-0.4, -0.2) is 38.1 Å². The number of anilines is 1. The van der Waals surface area contributed by atoms with Gasteiger partial charge in [-0.3, -0.25) is 9.78 Å². The maximum Gasteiger partial charge on any atom is 0.256 e. The number of hydrogen-bond acceptors (Lipinski definition) is 5. The molecule has 1 N–H and O–H groups in total. The first-order chi connectivity index (χ1) is 14.3. The molecule has 1 fully saturated rings. The minimum Gasteiger partial charge on any atom is -0.349 e. The Kier molecular flexibility index (Phi) is 3.49. The van der Waals surface area contributed by atoms with Gasteiger partial charge in [0.25, 0.3) is 5.91 Å². The van der Waals surface area contributed by atoms with Crippen molar-refractivity contribution < 1.29 is 11.9 Å². The van der Waals surface area contributed by atoms with Gasteiger partial charge in [-0.25, -0.2) is 13.9 Å². The summed E-state index contributed by atoms with van der Waals surface area (Å²) in [7, 11) is 0. The smallest absolute Gasteiger partial charge is 0.256 e. The lowest BCUT2D eigenvalue weighted by molar-refractivity contribution is 0.0940. The van der Waals surface area contributed by atoms with Gasteiger partial charge in [-0.15, -0.1) is 0 Å². The van der Waals surface area contributed by atoms with Crippen LogP contribution in [0.3, 0.4) is 0 Å². The fraction of sp³-hybridized carbons (Fsp3) is 0.400. The summed E-state index contributed by atoms with van der Waals surface area (Å²) in [6.45, 7) is 2.02. The molecule has 28 heavy (non-hydrogen) atoms. The summed E-state index contributed by atoms with van der Waals surface area (Å²) in [6.07, 6.45) is 4.28. The molecule has 1 amide bonds. The highest BCUT2D eigenvalue weighted by atomic mass is 19.1. The molecule has 3 aromatic heterocycles. The van der Waals surface area contributed by atoms with Crippen molar-refractivity contribution >= 4 is 17.4 Å². The molecule has 1 saturated heterocycles. The fourth-order valence-corrected chi connectivity index (χ4v) is 3.95. The Balaban J connectivity index is 1.71. The van der Waals surface area contributed by atoms with Crippen LogP contribution in [0.1, 0.15) is 56.5 Å². The molecule has 2 aliphatic rings. The number of hydrogen-bond donors (Lipinski definition) is 1. The molecule has 2 bridgehead atoms. The van der Waals surface area contributed by atoms with Crippen LogP contribution in [-0.2, 0) is 6.42 Å². The minimum atomic E-state index is -1.47. The molecule has 0 saturated carbocycles. The van der Waals surface area contributed by atoms with Gasteiger partial charge in [-0.05, 0) is 50.3 Å². The lowest BCUT2D eigenvalue weighted by Crippen LogP contribution is -2.33. The van der Waals surface area contributed by atoms with E-state index in [1.165, 1.54) is 23.0 Å². The van der Waals surface area contributed by atoms with E-state index in [1.807, 2.05) is 11.8 Å². The van der Waals surface area contributed by atoms with Crippen LogP contribution in [0.5, 0.6) is 0 Å². The molecule has 2 atom stereocenters. The Morgan fingerprint density at radius 1 is 1.36 bits per heavy atom. The summed E-state index contributed by atoms with van der Waals surface area (Å²) in [4.78, 5) is 23.6. The number of carbonyl (C=O) groups excluding carboxylic acids is 1. The second kappa shape index (κ2) is 6.54. The zero-order valence-corrected chi connectivity index (χ0v) is 15.4. The summed E-state index contributed by atoms with van der Waals surface area (Å²) >= 11 is 0. The molecule has 0 unspecified atom stereocenters. The average molecular weight is 382 g/mol. The molecule has 7 nitrogen and oxygen atoms in total. The molecule has 5 rings (SSSR count). The lowest BCUT2D eigenvalue weighted by atomic mass is 9.98. The third-order valence-corrected chi connectivity index (χ3v) is 5.41. The highest BCUT2D eigenvalue weighted by molar-refractivity contribution is 5.99. The standard InChI is InChI=1S/C20H21FN6O/c1-12-4-5-16-14(9-13(21)10-22-16)17-3-2-7-26(17)18-6-8-27-19(25-18)15(11-23-27)20(28)24-12/h6,8-12,17H,2-5,7H2,1H3,(H,24,28)/t12-,17+/m1/s1/i2D2. The number of aryl methyl sites for hydroxylation is 1. The first-order valence-corrected chi connectivity index (χ1v) is 9.37. The maximum absolute atomic E-state index is 14.2. The number of aromatic nitrogens is 4. The van der Waals surface area contributed by atoms with E-state index in [0.717, 1.165) is 0 Å². The van der Waals surface area contributed by atoms with Crippen LogP contribution in [0.4, 0.5) is 10.2 Å². The Morgan fingerprint density at radius 3 is 3.14 bits per heavy atom. The first-order valence-electron chi connectivity index (χ1n) is 10.4. The number of nitrogens with one attached hydrogen (secondary N) is 1. The van der Waals surface area contributed by atoms with E-state index in [0.29, 0.717) is 41.1 Å². The molecule has 0 aromatic carbocycles. The van der Waals surface area contributed by atoms with Gasteiger partial charge in [0.1, 0.15) is 17.2 Å².